The van der Waals surface area contributed by atoms with Crippen molar-refractivity contribution in [3.05, 3.63) is 40.6 Å². The van der Waals surface area contributed by atoms with E-state index in [4.69, 9.17) is 0 Å². The Balaban J connectivity index is 2.17. The molecule has 1 saturated heterocycles. The summed E-state index contributed by atoms with van der Waals surface area (Å²) < 4.78 is 0. The van der Waals surface area contributed by atoms with Gasteiger partial charge in [0.25, 0.3) is 5.91 Å². The fourth-order valence-corrected chi connectivity index (χ4v) is 3.38. The van der Waals surface area contributed by atoms with Crippen molar-refractivity contribution in [2.75, 3.05) is 13.1 Å². The van der Waals surface area contributed by atoms with Crippen molar-refractivity contribution in [1.82, 2.24) is 15.2 Å². The first kappa shape index (κ1) is 16.4. The maximum atomic E-state index is 13.3. The van der Waals surface area contributed by atoms with E-state index in [0.29, 0.717) is 25.1 Å². The third-order valence-corrected chi connectivity index (χ3v) is 4.82. The van der Waals surface area contributed by atoms with Crippen molar-refractivity contribution in [2.45, 2.75) is 40.2 Å². The summed E-state index contributed by atoms with van der Waals surface area (Å²) in [6.45, 7) is 8.83. The molecule has 0 unspecified atom stereocenters. The molecule has 0 saturated carbocycles. The monoisotopic (exact) mass is 325 g/mol. The van der Waals surface area contributed by atoms with Crippen molar-refractivity contribution >= 4 is 22.7 Å². The van der Waals surface area contributed by atoms with Crippen LogP contribution in [0.25, 0.3) is 10.9 Å². The fraction of sp³-hybridized carbons (Fsp3) is 0.421. The zero-order valence-electron chi connectivity index (χ0n) is 14.6. The molecule has 0 spiro atoms. The van der Waals surface area contributed by atoms with Crippen LogP contribution in [-0.2, 0) is 4.79 Å². The SMILES string of the molecule is CC[C@@H]1C(=O)NCCN1C(=O)c1c(C)c(C)nc2ccc(C)cc12. The molecule has 5 nitrogen and oxygen atoms in total. The van der Waals surface area contributed by atoms with Crippen molar-refractivity contribution in [2.24, 2.45) is 0 Å². The lowest BCUT2D eigenvalue weighted by Crippen LogP contribution is -2.57. The van der Waals surface area contributed by atoms with E-state index >= 15 is 0 Å². The van der Waals surface area contributed by atoms with E-state index in [1.54, 1.807) is 4.90 Å². The summed E-state index contributed by atoms with van der Waals surface area (Å²) in [5.41, 5.74) is 4.32. The van der Waals surface area contributed by atoms with Crippen LogP contribution in [0.5, 0.6) is 0 Å². The van der Waals surface area contributed by atoms with Crippen LogP contribution in [0, 0.1) is 20.8 Å². The van der Waals surface area contributed by atoms with Crippen molar-refractivity contribution in [3.63, 3.8) is 0 Å². The molecule has 2 aromatic rings. The van der Waals surface area contributed by atoms with Crippen LogP contribution in [0.15, 0.2) is 18.2 Å². The highest BCUT2D eigenvalue weighted by atomic mass is 16.2. The van der Waals surface area contributed by atoms with Crippen LogP contribution in [0.1, 0.15) is 40.5 Å². The molecule has 1 aliphatic heterocycles. The van der Waals surface area contributed by atoms with Crippen LogP contribution >= 0.6 is 0 Å². The topological polar surface area (TPSA) is 62.3 Å². The smallest absolute Gasteiger partial charge is 0.255 e. The molecule has 1 N–H and O–H groups in total. The maximum Gasteiger partial charge on any atom is 0.255 e. The highest BCUT2D eigenvalue weighted by Crippen LogP contribution is 2.26. The molecule has 3 rings (SSSR count). The summed E-state index contributed by atoms with van der Waals surface area (Å²) in [4.78, 5) is 31.8. The lowest BCUT2D eigenvalue weighted by Gasteiger charge is -2.35. The number of nitrogens with one attached hydrogen (secondary N) is 1. The normalized spacial score (nSPS) is 17.9. The molecule has 2 amide bonds. The number of nitrogens with zero attached hydrogens (tertiary/aromatic N) is 2. The number of aryl methyl sites for hydroxylation is 2. The third-order valence-electron chi connectivity index (χ3n) is 4.82. The van der Waals surface area contributed by atoms with Gasteiger partial charge in [0.15, 0.2) is 0 Å². The number of hydrogen-bond acceptors (Lipinski definition) is 3. The van der Waals surface area contributed by atoms with Gasteiger partial charge in [-0.1, -0.05) is 18.6 Å². The average Bonchev–Trinajstić information content (AvgIpc) is 2.56. The summed E-state index contributed by atoms with van der Waals surface area (Å²) in [7, 11) is 0. The van der Waals surface area contributed by atoms with E-state index in [1.165, 1.54) is 0 Å². The quantitative estimate of drug-likeness (QED) is 0.923. The van der Waals surface area contributed by atoms with Crippen LogP contribution in [-0.4, -0.2) is 40.8 Å². The minimum Gasteiger partial charge on any atom is -0.353 e. The Kier molecular flexibility index (Phi) is 4.26. The molecule has 2 heterocycles. The van der Waals surface area contributed by atoms with E-state index in [0.717, 1.165) is 27.7 Å². The number of aromatic nitrogens is 1. The van der Waals surface area contributed by atoms with E-state index in [-0.39, 0.29) is 11.8 Å². The molecule has 1 aliphatic rings. The molecule has 1 aromatic heterocycles. The molecular formula is C19H23N3O2. The molecule has 126 valence electrons. The van der Waals surface area contributed by atoms with E-state index in [2.05, 4.69) is 10.3 Å². The average molecular weight is 325 g/mol. The number of hydrogen-bond donors (Lipinski definition) is 1. The fourth-order valence-electron chi connectivity index (χ4n) is 3.38. The first-order valence-electron chi connectivity index (χ1n) is 8.40. The second-order valence-corrected chi connectivity index (χ2v) is 6.43. The zero-order chi connectivity index (χ0) is 17.4. The summed E-state index contributed by atoms with van der Waals surface area (Å²) >= 11 is 0. The number of carbonyl (C=O) groups is 2. The molecular weight excluding hydrogens is 302 g/mol. The number of pyridine rings is 1. The third kappa shape index (κ3) is 2.64. The van der Waals surface area contributed by atoms with Gasteiger partial charge in [-0.05, 0) is 44.9 Å². The van der Waals surface area contributed by atoms with Gasteiger partial charge in [0.05, 0.1) is 11.1 Å². The van der Waals surface area contributed by atoms with Gasteiger partial charge in [0.1, 0.15) is 6.04 Å². The Morgan fingerprint density at radius 2 is 2.08 bits per heavy atom. The van der Waals surface area contributed by atoms with Crippen LogP contribution in [0.4, 0.5) is 0 Å². The maximum absolute atomic E-state index is 13.3. The number of carbonyl (C=O) groups excluding carboxylic acids is 2. The minimum absolute atomic E-state index is 0.0685. The first-order valence-corrected chi connectivity index (χ1v) is 8.40. The predicted octanol–water partition coefficient (Wildman–Crippen LogP) is 2.51. The molecule has 0 bridgehead atoms. The molecule has 5 heteroatoms. The lowest BCUT2D eigenvalue weighted by atomic mass is 9.97. The Morgan fingerprint density at radius 1 is 1.33 bits per heavy atom. The van der Waals surface area contributed by atoms with E-state index < -0.39 is 6.04 Å². The molecule has 1 atom stereocenters. The second kappa shape index (κ2) is 6.23. The number of benzene rings is 1. The molecule has 1 aromatic carbocycles. The molecule has 24 heavy (non-hydrogen) atoms. The van der Waals surface area contributed by atoms with Gasteiger partial charge in [-0.2, -0.15) is 0 Å². The lowest BCUT2D eigenvalue weighted by molar-refractivity contribution is -0.127. The summed E-state index contributed by atoms with van der Waals surface area (Å²) in [6.07, 6.45) is 0.609. The Morgan fingerprint density at radius 3 is 2.79 bits per heavy atom. The molecule has 0 aliphatic carbocycles. The van der Waals surface area contributed by atoms with Crippen LogP contribution in [0.3, 0.4) is 0 Å². The van der Waals surface area contributed by atoms with Crippen LogP contribution < -0.4 is 5.32 Å². The number of amides is 2. The van der Waals surface area contributed by atoms with Gasteiger partial charge in [-0.25, -0.2) is 0 Å². The Bertz CT molecular complexity index is 829. The number of fused-ring (bicyclic) bond motifs is 1. The zero-order valence-corrected chi connectivity index (χ0v) is 14.6. The van der Waals surface area contributed by atoms with Crippen molar-refractivity contribution < 1.29 is 9.59 Å². The van der Waals surface area contributed by atoms with Crippen molar-refractivity contribution in [3.8, 4) is 0 Å². The largest absolute Gasteiger partial charge is 0.353 e. The highest BCUT2D eigenvalue weighted by Gasteiger charge is 2.33. The predicted molar refractivity (Wildman–Crippen MR) is 94.1 cm³/mol. The van der Waals surface area contributed by atoms with Gasteiger partial charge in [0, 0.05) is 24.2 Å². The van der Waals surface area contributed by atoms with Gasteiger partial charge >= 0.3 is 0 Å². The Labute approximate surface area is 142 Å². The highest BCUT2D eigenvalue weighted by molar-refractivity contribution is 6.09. The standard InChI is InChI=1S/C19H23N3O2/c1-5-16-18(23)20-8-9-22(16)19(24)17-12(3)13(4)21-15-7-6-11(2)10-14(15)17/h6-7,10,16H,5,8-9H2,1-4H3,(H,20,23)/t16-/m1/s1. The molecule has 1 fully saturated rings. The minimum atomic E-state index is -0.404. The van der Waals surface area contributed by atoms with Gasteiger partial charge in [-0.3, -0.25) is 14.6 Å². The van der Waals surface area contributed by atoms with Crippen molar-refractivity contribution in [1.29, 1.82) is 0 Å². The van der Waals surface area contributed by atoms with Crippen LogP contribution in [0.2, 0.25) is 0 Å². The summed E-state index contributed by atoms with van der Waals surface area (Å²) in [5, 5.41) is 3.71. The molecule has 0 radical (unpaired) electrons. The summed E-state index contributed by atoms with van der Waals surface area (Å²) in [6, 6.07) is 5.56. The van der Waals surface area contributed by atoms with E-state index in [1.807, 2.05) is 45.9 Å². The first-order chi connectivity index (χ1) is 11.4. The Hall–Kier alpha value is -2.43. The number of rotatable bonds is 2. The second-order valence-electron chi connectivity index (χ2n) is 6.43. The number of piperazine rings is 1. The van der Waals surface area contributed by atoms with E-state index in [9.17, 15) is 9.59 Å². The van der Waals surface area contributed by atoms with Gasteiger partial charge < -0.3 is 10.2 Å². The summed E-state index contributed by atoms with van der Waals surface area (Å²) in [5.74, 6) is -0.142. The van der Waals surface area contributed by atoms with Gasteiger partial charge in [-0.15, -0.1) is 0 Å². The van der Waals surface area contributed by atoms with Gasteiger partial charge in [0.2, 0.25) is 5.91 Å².